The molecule has 0 amide bonds. The first-order chi connectivity index (χ1) is 5.29. The topological polar surface area (TPSA) is 17.1 Å². The summed E-state index contributed by atoms with van der Waals surface area (Å²) in [5, 5.41) is 0.625. The van der Waals surface area contributed by atoms with Gasteiger partial charge in [-0.05, 0) is 6.08 Å². The van der Waals surface area contributed by atoms with Crippen LogP contribution >= 0.6 is 11.6 Å². The molecular formula is C9H7ClO. The van der Waals surface area contributed by atoms with Gasteiger partial charge in [-0.3, -0.25) is 4.79 Å². The smallest absolute Gasteiger partial charge is 0.152 e. The van der Waals surface area contributed by atoms with Crippen LogP contribution in [-0.2, 0) is 4.79 Å². The molecule has 0 fully saturated rings. The van der Waals surface area contributed by atoms with Gasteiger partial charge in [0.15, 0.2) is 6.29 Å². The number of hydrogen-bond acceptors (Lipinski definition) is 1. The molecule has 0 spiro atoms. The van der Waals surface area contributed by atoms with Crippen molar-refractivity contribution in [2.24, 2.45) is 0 Å². The summed E-state index contributed by atoms with van der Waals surface area (Å²) in [6.07, 6.45) is 4.69. The predicted octanol–water partition coefficient (Wildman–Crippen LogP) is 2.35. The third-order valence-electron chi connectivity index (χ3n) is 1.44. The predicted molar refractivity (Wildman–Crippen MR) is 45.4 cm³/mol. The quantitative estimate of drug-likeness (QED) is 0.350. The monoisotopic (exact) mass is 166 g/mol. The molecule has 0 heterocycles. The Labute approximate surface area is 70.4 Å². The first kappa shape index (κ1) is 8.06. The van der Waals surface area contributed by atoms with E-state index < -0.39 is 0 Å². The minimum absolute atomic E-state index is 0.574. The van der Waals surface area contributed by atoms with Gasteiger partial charge in [-0.15, -0.1) is 5.73 Å². The zero-order valence-corrected chi connectivity index (χ0v) is 6.69. The van der Waals surface area contributed by atoms with Crippen molar-refractivity contribution in [2.45, 2.75) is 6.42 Å². The highest BCUT2D eigenvalue weighted by molar-refractivity contribution is 6.33. The van der Waals surface area contributed by atoms with Crippen molar-refractivity contribution >= 4 is 17.9 Å². The van der Waals surface area contributed by atoms with E-state index in [1.165, 1.54) is 0 Å². The molecule has 1 rings (SSSR count). The van der Waals surface area contributed by atoms with Gasteiger partial charge in [0.1, 0.15) is 0 Å². The summed E-state index contributed by atoms with van der Waals surface area (Å²) < 4.78 is 0. The van der Waals surface area contributed by atoms with E-state index in [0.717, 1.165) is 11.9 Å². The van der Waals surface area contributed by atoms with Gasteiger partial charge in [0.2, 0.25) is 0 Å². The molecule has 11 heavy (non-hydrogen) atoms. The molecule has 1 nitrogen and oxygen atoms in total. The molecule has 1 aliphatic carbocycles. The zero-order valence-electron chi connectivity index (χ0n) is 5.93. The van der Waals surface area contributed by atoms with Crippen LogP contribution < -0.4 is 0 Å². The van der Waals surface area contributed by atoms with Gasteiger partial charge in [0.05, 0.1) is 0 Å². The van der Waals surface area contributed by atoms with Gasteiger partial charge in [0, 0.05) is 22.6 Å². The maximum atomic E-state index is 10.3. The van der Waals surface area contributed by atoms with Crippen molar-refractivity contribution < 1.29 is 4.79 Å². The van der Waals surface area contributed by atoms with Crippen molar-refractivity contribution in [3.8, 4) is 0 Å². The van der Waals surface area contributed by atoms with E-state index in [1.807, 2.05) is 0 Å². The maximum Gasteiger partial charge on any atom is 0.152 e. The average molecular weight is 167 g/mol. The van der Waals surface area contributed by atoms with Crippen molar-refractivity contribution in [3.63, 3.8) is 0 Å². The van der Waals surface area contributed by atoms with E-state index >= 15 is 0 Å². The molecule has 2 heteroatoms. The molecule has 0 N–H and O–H groups in total. The lowest BCUT2D eigenvalue weighted by atomic mass is 9.93. The summed E-state index contributed by atoms with van der Waals surface area (Å²) in [6, 6.07) is 0. The number of halogens is 1. The fraction of sp³-hybridized carbons (Fsp3) is 0.111. The van der Waals surface area contributed by atoms with E-state index in [-0.39, 0.29) is 0 Å². The second-order valence-electron chi connectivity index (χ2n) is 2.14. The molecule has 0 aromatic heterocycles. The Morgan fingerprint density at radius 1 is 1.64 bits per heavy atom. The molecule has 0 atom stereocenters. The molecule has 0 saturated heterocycles. The molecule has 0 saturated carbocycles. The van der Waals surface area contributed by atoms with Crippen LogP contribution in [0.25, 0.3) is 0 Å². The van der Waals surface area contributed by atoms with E-state index in [1.54, 1.807) is 12.2 Å². The van der Waals surface area contributed by atoms with Crippen LogP contribution in [0.15, 0.2) is 40.6 Å². The van der Waals surface area contributed by atoms with Crippen molar-refractivity contribution in [2.75, 3.05) is 0 Å². The summed E-state index contributed by atoms with van der Waals surface area (Å²) in [6.45, 7) is 3.49. The van der Waals surface area contributed by atoms with Gasteiger partial charge in [-0.1, -0.05) is 24.3 Å². The highest BCUT2D eigenvalue weighted by Gasteiger charge is 2.20. The molecule has 0 aromatic rings. The maximum absolute atomic E-state index is 10.3. The summed E-state index contributed by atoms with van der Waals surface area (Å²) in [5.74, 6) is 0. The van der Waals surface area contributed by atoms with Crippen LogP contribution in [0.4, 0.5) is 0 Å². The Bertz CT molecular complexity index is 291. The molecule has 0 aromatic carbocycles. The third kappa shape index (κ3) is 1.51. The molecule has 0 aliphatic heterocycles. The molecule has 56 valence electrons. The molecule has 0 unspecified atom stereocenters. The SMILES string of the molecule is C=CC=C=C1CC(Cl)=C1C=O. The van der Waals surface area contributed by atoms with Crippen molar-refractivity contribution in [1.82, 2.24) is 0 Å². The largest absolute Gasteiger partial charge is 0.298 e. The van der Waals surface area contributed by atoms with Crippen LogP contribution in [0.1, 0.15) is 6.42 Å². The standard InChI is InChI=1S/C9H7ClO/c1-2-3-4-7-5-9(10)8(7)6-11/h2-3,6H,1,5H2. The lowest BCUT2D eigenvalue weighted by Crippen LogP contribution is -2.04. The number of allylic oxidation sites excluding steroid dienone is 4. The number of carbonyl (C=O) groups excluding carboxylic acids is 1. The first-order valence-corrected chi connectivity index (χ1v) is 3.58. The number of aldehydes is 1. The van der Waals surface area contributed by atoms with Crippen LogP contribution in [0.2, 0.25) is 0 Å². The Morgan fingerprint density at radius 3 is 2.82 bits per heavy atom. The van der Waals surface area contributed by atoms with Gasteiger partial charge in [0.25, 0.3) is 0 Å². The third-order valence-corrected chi connectivity index (χ3v) is 1.78. The Hall–Kier alpha value is -1.04. The highest BCUT2D eigenvalue weighted by Crippen LogP contribution is 2.34. The average Bonchev–Trinajstić information content (AvgIpc) is 1.98. The fourth-order valence-corrected chi connectivity index (χ4v) is 1.12. The summed E-state index contributed by atoms with van der Waals surface area (Å²) in [7, 11) is 0. The van der Waals surface area contributed by atoms with E-state index in [9.17, 15) is 4.79 Å². The summed E-state index contributed by atoms with van der Waals surface area (Å²) in [5.41, 5.74) is 4.34. The molecule has 1 aliphatic rings. The van der Waals surface area contributed by atoms with Crippen LogP contribution in [0, 0.1) is 0 Å². The van der Waals surface area contributed by atoms with Crippen LogP contribution in [0.3, 0.4) is 0 Å². The van der Waals surface area contributed by atoms with E-state index in [4.69, 9.17) is 11.6 Å². The Balaban J connectivity index is 2.94. The second kappa shape index (κ2) is 3.38. The van der Waals surface area contributed by atoms with Gasteiger partial charge in [-0.25, -0.2) is 0 Å². The Kier molecular flexibility index (Phi) is 2.48. The van der Waals surface area contributed by atoms with Gasteiger partial charge >= 0.3 is 0 Å². The lowest BCUT2D eigenvalue weighted by molar-refractivity contribution is -0.104. The highest BCUT2D eigenvalue weighted by atomic mass is 35.5. The number of rotatable bonds is 2. The minimum atomic E-state index is 0.574. The van der Waals surface area contributed by atoms with Gasteiger partial charge in [-0.2, -0.15) is 0 Å². The summed E-state index contributed by atoms with van der Waals surface area (Å²) in [4.78, 5) is 10.3. The molecule has 0 bridgehead atoms. The van der Waals surface area contributed by atoms with Crippen LogP contribution in [0.5, 0.6) is 0 Å². The first-order valence-electron chi connectivity index (χ1n) is 3.20. The van der Waals surface area contributed by atoms with Crippen molar-refractivity contribution in [1.29, 1.82) is 0 Å². The normalized spacial score (nSPS) is 15.2. The summed E-state index contributed by atoms with van der Waals surface area (Å²) >= 11 is 5.64. The Morgan fingerprint density at radius 2 is 2.36 bits per heavy atom. The zero-order chi connectivity index (χ0) is 8.27. The van der Waals surface area contributed by atoms with E-state index in [2.05, 4.69) is 12.3 Å². The fourth-order valence-electron chi connectivity index (χ4n) is 0.826. The minimum Gasteiger partial charge on any atom is -0.298 e. The lowest BCUT2D eigenvalue weighted by Gasteiger charge is -2.15. The van der Waals surface area contributed by atoms with Crippen molar-refractivity contribution in [3.05, 3.63) is 40.6 Å². The van der Waals surface area contributed by atoms with E-state index in [0.29, 0.717) is 17.0 Å². The van der Waals surface area contributed by atoms with Gasteiger partial charge < -0.3 is 0 Å². The molecular weight excluding hydrogens is 160 g/mol. The van der Waals surface area contributed by atoms with Crippen LogP contribution in [-0.4, -0.2) is 6.29 Å². The number of carbonyl (C=O) groups is 1. The molecule has 0 radical (unpaired) electrons. The second-order valence-corrected chi connectivity index (χ2v) is 2.59. The number of hydrogen-bond donors (Lipinski definition) is 0.